The molecule has 0 aliphatic heterocycles. The Bertz CT molecular complexity index is 446. The lowest BCUT2D eigenvalue weighted by Crippen LogP contribution is -2.19. The molecule has 0 spiro atoms. The number of benzene rings is 1. The van der Waals surface area contributed by atoms with Crippen LogP contribution in [0.3, 0.4) is 0 Å². The summed E-state index contributed by atoms with van der Waals surface area (Å²) in [6.07, 6.45) is 6.66. The molecule has 0 aromatic heterocycles. The zero-order chi connectivity index (χ0) is 14.5. The van der Waals surface area contributed by atoms with E-state index in [0.29, 0.717) is 5.69 Å². The molecular formula is C14H19F3N2O. The third-order valence-electron chi connectivity index (χ3n) is 3.53. The molecule has 0 heterocycles. The lowest BCUT2D eigenvalue weighted by atomic mass is 10.1. The van der Waals surface area contributed by atoms with Crippen LogP contribution in [-0.4, -0.2) is 12.7 Å². The van der Waals surface area contributed by atoms with Crippen LogP contribution in [0.25, 0.3) is 0 Å². The number of alkyl halides is 2. The summed E-state index contributed by atoms with van der Waals surface area (Å²) in [6, 6.07) is 2.46. The van der Waals surface area contributed by atoms with Gasteiger partial charge in [0.1, 0.15) is 0 Å². The fourth-order valence-electron chi connectivity index (χ4n) is 2.52. The molecule has 0 bridgehead atoms. The van der Waals surface area contributed by atoms with E-state index in [4.69, 9.17) is 5.73 Å². The fraction of sp³-hybridized carbons (Fsp3) is 0.571. The van der Waals surface area contributed by atoms with Crippen molar-refractivity contribution in [2.45, 2.75) is 51.2 Å². The smallest absolute Gasteiger partial charge is 0.387 e. The summed E-state index contributed by atoms with van der Waals surface area (Å²) in [5, 5.41) is 3.21. The van der Waals surface area contributed by atoms with Crippen LogP contribution in [0.1, 0.15) is 38.5 Å². The standard InChI is InChI=1S/C14H19F3N2O/c15-10-7-11(18)12(8-13(10)20-14(16)17)19-9-5-3-1-2-4-6-9/h7-9,14,19H,1-6,18H2. The van der Waals surface area contributed by atoms with Crippen molar-refractivity contribution < 1.29 is 17.9 Å². The zero-order valence-corrected chi connectivity index (χ0v) is 11.2. The van der Waals surface area contributed by atoms with Crippen molar-refractivity contribution in [2.75, 3.05) is 11.1 Å². The van der Waals surface area contributed by atoms with Crippen LogP contribution in [0, 0.1) is 5.82 Å². The van der Waals surface area contributed by atoms with Crippen LogP contribution in [0.15, 0.2) is 12.1 Å². The number of anilines is 2. The Hall–Kier alpha value is -1.59. The SMILES string of the molecule is Nc1cc(F)c(OC(F)F)cc1NC1CCCCCC1. The molecule has 1 aliphatic carbocycles. The molecule has 1 saturated carbocycles. The molecule has 6 heteroatoms. The van der Waals surface area contributed by atoms with E-state index in [-0.39, 0.29) is 11.7 Å². The molecule has 1 aromatic carbocycles. The van der Waals surface area contributed by atoms with Gasteiger partial charge in [0.05, 0.1) is 11.4 Å². The predicted molar refractivity (Wildman–Crippen MR) is 72.6 cm³/mol. The van der Waals surface area contributed by atoms with E-state index in [1.54, 1.807) is 0 Å². The summed E-state index contributed by atoms with van der Waals surface area (Å²) in [7, 11) is 0. The Kier molecular flexibility index (Phi) is 4.98. The maximum Gasteiger partial charge on any atom is 0.387 e. The molecule has 2 rings (SSSR count). The molecular weight excluding hydrogens is 269 g/mol. The first-order valence-electron chi connectivity index (χ1n) is 6.86. The number of nitrogens with two attached hydrogens (primary N) is 1. The van der Waals surface area contributed by atoms with Crippen molar-refractivity contribution in [1.82, 2.24) is 0 Å². The van der Waals surface area contributed by atoms with Gasteiger partial charge >= 0.3 is 6.61 Å². The number of nitrogens with one attached hydrogen (secondary N) is 1. The van der Waals surface area contributed by atoms with Gasteiger partial charge < -0.3 is 15.8 Å². The molecule has 0 atom stereocenters. The lowest BCUT2D eigenvalue weighted by Gasteiger charge is -2.20. The normalized spacial score (nSPS) is 17.0. The summed E-state index contributed by atoms with van der Waals surface area (Å²) >= 11 is 0. The van der Waals surface area contributed by atoms with Gasteiger partial charge in [0.15, 0.2) is 11.6 Å². The number of nitrogen functional groups attached to an aromatic ring is 1. The van der Waals surface area contributed by atoms with Gasteiger partial charge in [-0.15, -0.1) is 0 Å². The van der Waals surface area contributed by atoms with Crippen molar-refractivity contribution in [3.8, 4) is 5.75 Å². The molecule has 0 radical (unpaired) electrons. The van der Waals surface area contributed by atoms with Crippen molar-refractivity contribution in [1.29, 1.82) is 0 Å². The first-order chi connectivity index (χ1) is 9.56. The minimum atomic E-state index is -3.06. The number of hydrogen-bond acceptors (Lipinski definition) is 3. The molecule has 0 saturated heterocycles. The van der Waals surface area contributed by atoms with E-state index in [2.05, 4.69) is 10.1 Å². The molecule has 112 valence electrons. The lowest BCUT2D eigenvalue weighted by molar-refractivity contribution is -0.0521. The first-order valence-corrected chi connectivity index (χ1v) is 6.86. The van der Waals surface area contributed by atoms with E-state index < -0.39 is 18.2 Å². The Morgan fingerprint density at radius 3 is 2.40 bits per heavy atom. The van der Waals surface area contributed by atoms with Crippen LogP contribution in [0.4, 0.5) is 24.5 Å². The predicted octanol–water partition coefficient (Wildman–Crippen LogP) is 4.14. The average Bonchev–Trinajstić information content (AvgIpc) is 2.63. The number of hydrogen-bond donors (Lipinski definition) is 2. The monoisotopic (exact) mass is 288 g/mol. The Labute approximate surface area is 116 Å². The largest absolute Gasteiger partial charge is 0.432 e. The molecule has 0 amide bonds. The highest BCUT2D eigenvalue weighted by Crippen LogP contribution is 2.31. The van der Waals surface area contributed by atoms with Crippen LogP contribution in [0.5, 0.6) is 5.75 Å². The van der Waals surface area contributed by atoms with E-state index in [9.17, 15) is 13.2 Å². The summed E-state index contributed by atoms with van der Waals surface area (Å²) in [5.41, 5.74) is 6.39. The summed E-state index contributed by atoms with van der Waals surface area (Å²) in [6.45, 7) is -3.06. The van der Waals surface area contributed by atoms with Crippen molar-refractivity contribution >= 4 is 11.4 Å². The first kappa shape index (κ1) is 14.8. The van der Waals surface area contributed by atoms with Gasteiger partial charge in [-0.3, -0.25) is 0 Å². The highest BCUT2D eigenvalue weighted by molar-refractivity contribution is 5.69. The third kappa shape index (κ3) is 3.95. The second-order valence-corrected chi connectivity index (χ2v) is 5.08. The van der Waals surface area contributed by atoms with Gasteiger partial charge in [-0.2, -0.15) is 8.78 Å². The summed E-state index contributed by atoms with van der Waals surface area (Å²) < 4.78 is 42.0. The topological polar surface area (TPSA) is 47.3 Å². The zero-order valence-electron chi connectivity index (χ0n) is 11.2. The number of rotatable bonds is 4. The molecule has 1 aromatic rings. The van der Waals surface area contributed by atoms with Crippen molar-refractivity contribution in [3.05, 3.63) is 17.9 Å². The molecule has 0 unspecified atom stereocenters. The van der Waals surface area contributed by atoms with E-state index in [1.165, 1.54) is 18.9 Å². The highest BCUT2D eigenvalue weighted by atomic mass is 19.3. The van der Waals surface area contributed by atoms with Crippen LogP contribution >= 0.6 is 0 Å². The molecule has 3 N–H and O–H groups in total. The van der Waals surface area contributed by atoms with Gasteiger partial charge in [-0.05, 0) is 12.8 Å². The highest BCUT2D eigenvalue weighted by Gasteiger charge is 2.17. The quantitative estimate of drug-likeness (QED) is 0.646. The summed E-state index contributed by atoms with van der Waals surface area (Å²) in [4.78, 5) is 0. The van der Waals surface area contributed by atoms with Gasteiger partial charge in [0, 0.05) is 18.2 Å². The van der Waals surface area contributed by atoms with Gasteiger partial charge in [0.25, 0.3) is 0 Å². The fourth-order valence-corrected chi connectivity index (χ4v) is 2.52. The Morgan fingerprint density at radius 2 is 1.80 bits per heavy atom. The second-order valence-electron chi connectivity index (χ2n) is 5.08. The van der Waals surface area contributed by atoms with Gasteiger partial charge in [-0.1, -0.05) is 25.7 Å². The number of ether oxygens (including phenoxy) is 1. The molecule has 1 fully saturated rings. The van der Waals surface area contributed by atoms with E-state index in [0.717, 1.165) is 31.7 Å². The Balaban J connectivity index is 2.13. The van der Waals surface area contributed by atoms with Gasteiger partial charge in [-0.25, -0.2) is 4.39 Å². The van der Waals surface area contributed by atoms with Crippen LogP contribution in [-0.2, 0) is 0 Å². The van der Waals surface area contributed by atoms with Crippen LogP contribution in [0.2, 0.25) is 0 Å². The minimum Gasteiger partial charge on any atom is -0.432 e. The van der Waals surface area contributed by atoms with Gasteiger partial charge in [0.2, 0.25) is 0 Å². The van der Waals surface area contributed by atoms with E-state index >= 15 is 0 Å². The van der Waals surface area contributed by atoms with Crippen molar-refractivity contribution in [2.24, 2.45) is 0 Å². The third-order valence-corrected chi connectivity index (χ3v) is 3.53. The van der Waals surface area contributed by atoms with E-state index in [1.807, 2.05) is 0 Å². The minimum absolute atomic E-state index is 0.202. The molecule has 20 heavy (non-hydrogen) atoms. The molecule has 3 nitrogen and oxygen atoms in total. The average molecular weight is 288 g/mol. The van der Waals surface area contributed by atoms with Crippen molar-refractivity contribution in [3.63, 3.8) is 0 Å². The maximum atomic E-state index is 13.5. The Morgan fingerprint density at radius 1 is 1.15 bits per heavy atom. The molecule has 1 aliphatic rings. The summed E-state index contributed by atoms with van der Waals surface area (Å²) in [5.74, 6) is -1.36. The number of halogens is 3. The maximum absolute atomic E-state index is 13.5. The van der Waals surface area contributed by atoms with Crippen LogP contribution < -0.4 is 15.8 Å². The second kappa shape index (κ2) is 6.72.